The van der Waals surface area contributed by atoms with E-state index in [1.165, 1.54) is 0 Å². The van der Waals surface area contributed by atoms with Gasteiger partial charge in [-0.25, -0.2) is 9.78 Å². The van der Waals surface area contributed by atoms with Crippen molar-refractivity contribution < 1.29 is 19.1 Å². The van der Waals surface area contributed by atoms with Crippen molar-refractivity contribution in [3.8, 4) is 17.0 Å². The lowest BCUT2D eigenvalue weighted by atomic mass is 10.0. The molecule has 0 bridgehead atoms. The number of rotatable bonds is 6. The molecule has 1 N–H and O–H groups in total. The van der Waals surface area contributed by atoms with E-state index in [2.05, 4.69) is 15.3 Å². The molecule has 0 saturated carbocycles. The maximum Gasteiger partial charge on any atom is 0.409 e. The summed E-state index contributed by atoms with van der Waals surface area (Å²) in [6, 6.07) is 28.0. The SMILES string of the molecule is COc1cc(-c2ccc3c(c2)N(c2ccccc2)C(=O)C(NC(=O)OCc2ccccc2)N=C3)ccn1. The molecule has 1 atom stereocenters. The number of aromatic nitrogens is 1. The van der Waals surface area contributed by atoms with Crippen LogP contribution in [0.15, 0.2) is 102 Å². The Hall–Kier alpha value is -4.98. The summed E-state index contributed by atoms with van der Waals surface area (Å²) in [7, 11) is 1.56. The molecule has 184 valence electrons. The number of benzene rings is 3. The van der Waals surface area contributed by atoms with Crippen molar-refractivity contribution in [3.05, 3.63) is 108 Å². The second-order valence-corrected chi connectivity index (χ2v) is 8.26. The van der Waals surface area contributed by atoms with Gasteiger partial charge in [0.15, 0.2) is 0 Å². The first kappa shape index (κ1) is 23.7. The van der Waals surface area contributed by atoms with Gasteiger partial charge in [0.05, 0.1) is 12.8 Å². The number of para-hydroxylation sites is 1. The first-order chi connectivity index (χ1) is 18.1. The van der Waals surface area contributed by atoms with Crippen molar-refractivity contribution in [2.75, 3.05) is 12.0 Å². The number of ether oxygens (including phenoxy) is 2. The predicted octanol–water partition coefficient (Wildman–Crippen LogP) is 5.11. The molecule has 1 aliphatic rings. The third-order valence-electron chi connectivity index (χ3n) is 5.85. The fourth-order valence-corrected chi connectivity index (χ4v) is 4.01. The van der Waals surface area contributed by atoms with Crippen LogP contribution in [0.1, 0.15) is 11.1 Å². The van der Waals surface area contributed by atoms with Crippen LogP contribution >= 0.6 is 0 Å². The Balaban J connectivity index is 1.46. The smallest absolute Gasteiger partial charge is 0.409 e. The van der Waals surface area contributed by atoms with Crippen LogP contribution in [-0.4, -0.2) is 36.5 Å². The van der Waals surface area contributed by atoms with E-state index < -0.39 is 18.2 Å². The van der Waals surface area contributed by atoms with Crippen LogP contribution in [0.25, 0.3) is 11.1 Å². The Labute approximate surface area is 214 Å². The van der Waals surface area contributed by atoms with Gasteiger partial charge in [0.25, 0.3) is 5.91 Å². The Kier molecular flexibility index (Phi) is 6.89. The van der Waals surface area contributed by atoms with Crippen molar-refractivity contribution in [2.45, 2.75) is 12.8 Å². The van der Waals surface area contributed by atoms with E-state index in [0.717, 1.165) is 22.3 Å². The summed E-state index contributed by atoms with van der Waals surface area (Å²) in [6.45, 7) is 0.0820. The average molecular weight is 493 g/mol. The highest BCUT2D eigenvalue weighted by molar-refractivity contribution is 6.10. The summed E-state index contributed by atoms with van der Waals surface area (Å²) in [4.78, 5) is 36.5. The van der Waals surface area contributed by atoms with Crippen molar-refractivity contribution in [2.24, 2.45) is 4.99 Å². The molecule has 8 heteroatoms. The van der Waals surface area contributed by atoms with Crippen LogP contribution < -0.4 is 15.0 Å². The number of nitrogens with zero attached hydrogens (tertiary/aromatic N) is 3. The number of nitrogens with one attached hydrogen (secondary N) is 1. The third-order valence-corrected chi connectivity index (χ3v) is 5.85. The maximum absolute atomic E-state index is 13.8. The molecule has 0 radical (unpaired) electrons. The molecule has 0 saturated heterocycles. The summed E-state index contributed by atoms with van der Waals surface area (Å²) < 4.78 is 10.6. The second kappa shape index (κ2) is 10.7. The van der Waals surface area contributed by atoms with Gasteiger partial charge < -0.3 is 9.47 Å². The van der Waals surface area contributed by atoms with E-state index in [9.17, 15) is 9.59 Å². The van der Waals surface area contributed by atoms with Gasteiger partial charge in [-0.05, 0) is 41.0 Å². The number of anilines is 2. The number of aliphatic imine (C=N–C) groups is 1. The number of amides is 2. The average Bonchev–Trinajstić information content (AvgIpc) is 3.08. The van der Waals surface area contributed by atoms with Gasteiger partial charge in [0.1, 0.15) is 6.61 Å². The standard InChI is InChI=1S/C29H24N4O4/c1-36-26-17-22(14-15-30-26)21-12-13-23-18-31-27(32-29(35)37-19-20-8-4-2-5-9-20)28(34)33(25(23)16-21)24-10-6-3-7-11-24/h2-18,27H,19H2,1H3,(H,32,35). The molecule has 0 aliphatic carbocycles. The third kappa shape index (κ3) is 5.33. The van der Waals surface area contributed by atoms with E-state index in [0.29, 0.717) is 17.3 Å². The number of pyridine rings is 1. The van der Waals surface area contributed by atoms with Crippen molar-refractivity contribution in [1.29, 1.82) is 0 Å². The molecule has 5 rings (SSSR count). The van der Waals surface area contributed by atoms with Gasteiger partial charge >= 0.3 is 6.09 Å². The molecule has 0 fully saturated rings. The number of carbonyl (C=O) groups excluding carboxylic acids is 2. The van der Waals surface area contributed by atoms with Gasteiger partial charge in [0, 0.05) is 29.7 Å². The van der Waals surface area contributed by atoms with Gasteiger partial charge in [-0.2, -0.15) is 0 Å². The quantitative estimate of drug-likeness (QED) is 0.404. The van der Waals surface area contributed by atoms with Gasteiger partial charge in [-0.1, -0.05) is 60.7 Å². The molecule has 1 unspecified atom stereocenters. The molecule has 8 nitrogen and oxygen atoms in total. The van der Waals surface area contributed by atoms with E-state index in [1.807, 2.05) is 91.0 Å². The summed E-state index contributed by atoms with van der Waals surface area (Å²) in [5.41, 5.74) is 4.60. The normalized spacial score (nSPS) is 14.5. The van der Waals surface area contributed by atoms with Crippen LogP contribution in [0.4, 0.5) is 16.2 Å². The molecule has 3 aromatic carbocycles. The zero-order valence-corrected chi connectivity index (χ0v) is 20.1. The van der Waals surface area contributed by atoms with Crippen LogP contribution in [-0.2, 0) is 16.1 Å². The fraction of sp³-hybridized carbons (Fsp3) is 0.103. The number of alkyl carbamates (subject to hydrolysis) is 1. The first-order valence-corrected chi connectivity index (χ1v) is 11.7. The molecular formula is C29H24N4O4. The Morgan fingerprint density at radius 1 is 0.946 bits per heavy atom. The van der Waals surface area contributed by atoms with Crippen molar-refractivity contribution in [1.82, 2.24) is 10.3 Å². The minimum atomic E-state index is -1.17. The molecular weight excluding hydrogens is 468 g/mol. The number of benzodiazepines with no additional fused rings is 1. The lowest BCUT2D eigenvalue weighted by molar-refractivity contribution is -0.119. The highest BCUT2D eigenvalue weighted by Crippen LogP contribution is 2.35. The summed E-state index contributed by atoms with van der Waals surface area (Å²) in [5.74, 6) is 0.0746. The molecule has 37 heavy (non-hydrogen) atoms. The van der Waals surface area contributed by atoms with E-state index in [4.69, 9.17) is 9.47 Å². The minimum Gasteiger partial charge on any atom is -0.481 e. The molecule has 2 amide bonds. The van der Waals surface area contributed by atoms with Gasteiger partial charge in [-0.3, -0.25) is 20.0 Å². The zero-order chi connectivity index (χ0) is 25.6. The molecule has 1 aliphatic heterocycles. The highest BCUT2D eigenvalue weighted by atomic mass is 16.5. The van der Waals surface area contributed by atoms with Crippen LogP contribution in [0, 0.1) is 0 Å². The number of hydrogen-bond donors (Lipinski definition) is 1. The molecule has 2 heterocycles. The largest absolute Gasteiger partial charge is 0.481 e. The molecule has 4 aromatic rings. The van der Waals surface area contributed by atoms with Crippen molar-refractivity contribution >= 4 is 29.6 Å². The van der Waals surface area contributed by atoms with E-state index in [1.54, 1.807) is 24.4 Å². The fourth-order valence-electron chi connectivity index (χ4n) is 4.01. The van der Waals surface area contributed by atoms with Crippen LogP contribution in [0.2, 0.25) is 0 Å². The summed E-state index contributed by atoms with van der Waals surface area (Å²) in [6.07, 6.45) is 1.36. The Bertz CT molecular complexity index is 1440. The topological polar surface area (TPSA) is 93.1 Å². The summed E-state index contributed by atoms with van der Waals surface area (Å²) >= 11 is 0. The number of hydrogen-bond acceptors (Lipinski definition) is 6. The highest BCUT2D eigenvalue weighted by Gasteiger charge is 2.31. The zero-order valence-electron chi connectivity index (χ0n) is 20.1. The van der Waals surface area contributed by atoms with Gasteiger partial charge in [-0.15, -0.1) is 0 Å². The second-order valence-electron chi connectivity index (χ2n) is 8.26. The lowest BCUT2D eigenvalue weighted by Crippen LogP contribution is -2.45. The summed E-state index contributed by atoms with van der Waals surface area (Å²) in [5, 5.41) is 2.60. The van der Waals surface area contributed by atoms with Crippen molar-refractivity contribution in [3.63, 3.8) is 0 Å². The Morgan fingerprint density at radius 2 is 1.68 bits per heavy atom. The van der Waals surface area contributed by atoms with Gasteiger partial charge in [0.2, 0.25) is 12.0 Å². The monoisotopic (exact) mass is 492 g/mol. The molecule has 1 aromatic heterocycles. The number of fused-ring (bicyclic) bond motifs is 1. The lowest BCUT2D eigenvalue weighted by Gasteiger charge is -2.26. The van der Waals surface area contributed by atoms with Crippen LogP contribution in [0.3, 0.4) is 0 Å². The number of carbonyl (C=O) groups is 2. The van der Waals surface area contributed by atoms with E-state index >= 15 is 0 Å². The predicted molar refractivity (Wildman–Crippen MR) is 141 cm³/mol. The van der Waals surface area contributed by atoms with E-state index in [-0.39, 0.29) is 6.61 Å². The first-order valence-electron chi connectivity index (χ1n) is 11.7. The molecule has 0 spiro atoms. The Morgan fingerprint density at radius 3 is 2.43 bits per heavy atom. The maximum atomic E-state index is 13.8. The van der Waals surface area contributed by atoms with Crippen LogP contribution in [0.5, 0.6) is 5.88 Å². The minimum absolute atomic E-state index is 0.0820. The number of methoxy groups -OCH3 is 1.